The third kappa shape index (κ3) is 1.56. The van der Waals surface area contributed by atoms with Crippen molar-refractivity contribution in [3.63, 3.8) is 0 Å². The van der Waals surface area contributed by atoms with Crippen molar-refractivity contribution in [3.05, 3.63) is 5.32 Å². The Labute approximate surface area is 86.3 Å². The number of carbonyl (C=O) groups excluding carboxylic acids is 1. The number of carbonyl (C=O) groups is 1. The Morgan fingerprint density at radius 1 is 1.42 bits per heavy atom. The van der Waals surface area contributed by atoms with E-state index in [-0.39, 0.29) is 31.7 Å². The van der Waals surface area contributed by atoms with E-state index in [2.05, 4.69) is 10.6 Å². The second kappa shape index (κ2) is 3.87. The smallest absolute Gasteiger partial charge is 0.0587 e. The summed E-state index contributed by atoms with van der Waals surface area (Å²) in [5.74, 6) is 0.147. The van der Waals surface area contributed by atoms with Crippen LogP contribution in [0, 0.1) is 5.41 Å². The summed E-state index contributed by atoms with van der Waals surface area (Å²) in [7, 11) is 0. The molecule has 2 rings (SSSR count). The molecule has 2 aliphatic heterocycles. The molecule has 0 saturated carbocycles. The summed E-state index contributed by atoms with van der Waals surface area (Å²) in [4.78, 5) is 11.4. The van der Waals surface area contributed by atoms with Crippen LogP contribution in [0.5, 0.6) is 0 Å². The Hall–Kier alpha value is 0.0923. The molecule has 2 aliphatic rings. The van der Waals surface area contributed by atoms with Crippen molar-refractivity contribution in [2.45, 2.75) is 19.3 Å². The molecule has 1 amide bonds. The van der Waals surface area contributed by atoms with Crippen molar-refractivity contribution < 1.29 is 25.2 Å². The van der Waals surface area contributed by atoms with Crippen LogP contribution in [-0.2, 0) is 25.2 Å². The summed E-state index contributed by atoms with van der Waals surface area (Å²) in [6, 6.07) is 0. The largest absolute Gasteiger partial charge is 0.653 e. The molecule has 1 atom stereocenters. The molecule has 69 valence electrons. The van der Waals surface area contributed by atoms with Crippen LogP contribution in [0.4, 0.5) is 0 Å². The number of amides is 1. The van der Waals surface area contributed by atoms with Gasteiger partial charge in [0.2, 0.25) is 0 Å². The van der Waals surface area contributed by atoms with Crippen molar-refractivity contribution in [2.75, 3.05) is 19.6 Å². The van der Waals surface area contributed by atoms with Crippen molar-refractivity contribution in [1.29, 1.82) is 0 Å². The first-order valence-corrected chi connectivity index (χ1v) is 4.26. The van der Waals surface area contributed by atoms with E-state index in [1.807, 2.05) is 0 Å². The Morgan fingerprint density at radius 3 is 2.83 bits per heavy atom. The van der Waals surface area contributed by atoms with E-state index >= 15 is 0 Å². The van der Waals surface area contributed by atoms with Crippen LogP contribution in [0.2, 0.25) is 0 Å². The van der Waals surface area contributed by atoms with Gasteiger partial charge in [0.25, 0.3) is 0 Å². The molecule has 0 aliphatic carbocycles. The summed E-state index contributed by atoms with van der Waals surface area (Å²) in [6.07, 6.45) is 3.13. The molecule has 0 aromatic heterocycles. The molecule has 12 heavy (non-hydrogen) atoms. The fraction of sp³-hybridized carbons (Fsp3) is 0.875. The second-order valence-electron chi connectivity index (χ2n) is 3.50. The molecular weight excluding hydrogens is 326 g/mol. The molecule has 3 nitrogen and oxygen atoms in total. The van der Waals surface area contributed by atoms with Gasteiger partial charge in [-0.15, -0.1) is 6.54 Å². The van der Waals surface area contributed by atoms with Gasteiger partial charge in [0.05, 0.1) is 5.91 Å². The van der Waals surface area contributed by atoms with Crippen LogP contribution in [-0.4, -0.2) is 25.5 Å². The number of hydrogen-bond acceptors (Lipinski definition) is 2. The third-order valence-corrected chi connectivity index (χ3v) is 2.77. The summed E-state index contributed by atoms with van der Waals surface area (Å²) in [6.45, 7) is 2.59. The fourth-order valence-corrected chi connectivity index (χ4v) is 2.01. The van der Waals surface area contributed by atoms with Gasteiger partial charge in [0.1, 0.15) is 0 Å². The maximum Gasteiger partial charge on any atom is 0.0587 e. The normalized spacial score (nSPS) is 34.5. The Morgan fingerprint density at radius 2 is 2.25 bits per heavy atom. The Bertz CT molecular complexity index is 178. The number of rotatable bonds is 0. The first-order valence-electron chi connectivity index (χ1n) is 4.26. The minimum atomic E-state index is -0.0851. The Kier molecular flexibility index (Phi) is 3.28. The number of nitrogens with one attached hydrogen (secondary N) is 1. The fourth-order valence-electron chi connectivity index (χ4n) is 2.01. The predicted molar refractivity (Wildman–Crippen MR) is 42.4 cm³/mol. The topological polar surface area (TPSA) is 43.2 Å². The zero-order valence-electron chi connectivity index (χ0n) is 6.98. The van der Waals surface area contributed by atoms with E-state index in [0.717, 1.165) is 38.9 Å². The molecule has 0 bridgehead atoms. The zero-order valence-corrected chi connectivity index (χ0v) is 9.69. The van der Waals surface area contributed by atoms with E-state index in [1.54, 1.807) is 0 Å². The van der Waals surface area contributed by atoms with Gasteiger partial charge in [-0.3, -0.25) is 0 Å². The SMILES string of the molecule is O=C1[N-]CCCC12CCNC2.[Re]. The molecule has 1 radical (unpaired) electrons. The molecule has 1 unspecified atom stereocenters. The summed E-state index contributed by atoms with van der Waals surface area (Å²) in [5.41, 5.74) is -0.0851. The molecule has 2 saturated heterocycles. The quantitative estimate of drug-likeness (QED) is 0.705. The van der Waals surface area contributed by atoms with Crippen LogP contribution in [0.3, 0.4) is 0 Å². The first-order chi connectivity index (χ1) is 5.33. The van der Waals surface area contributed by atoms with E-state index in [4.69, 9.17) is 0 Å². The Balaban J connectivity index is 0.000000720. The van der Waals surface area contributed by atoms with E-state index in [0.29, 0.717) is 0 Å². The third-order valence-electron chi connectivity index (χ3n) is 2.77. The molecule has 0 aromatic rings. The van der Waals surface area contributed by atoms with Gasteiger partial charge in [-0.25, -0.2) is 0 Å². The zero-order chi connectivity index (χ0) is 7.73. The average molecular weight is 339 g/mol. The first kappa shape index (κ1) is 10.2. The van der Waals surface area contributed by atoms with Gasteiger partial charge in [0, 0.05) is 32.4 Å². The summed E-state index contributed by atoms with van der Waals surface area (Å²) < 4.78 is 0. The van der Waals surface area contributed by atoms with Gasteiger partial charge >= 0.3 is 0 Å². The van der Waals surface area contributed by atoms with Gasteiger partial charge in [-0.2, -0.15) is 0 Å². The molecular formula is C8H13N2ORe-. The molecule has 0 aromatic carbocycles. The van der Waals surface area contributed by atoms with Crippen LogP contribution < -0.4 is 5.32 Å². The summed E-state index contributed by atoms with van der Waals surface area (Å²) in [5, 5.41) is 7.22. The molecule has 2 fully saturated rings. The van der Waals surface area contributed by atoms with Crippen molar-refractivity contribution in [3.8, 4) is 0 Å². The van der Waals surface area contributed by atoms with Gasteiger partial charge in [-0.05, 0) is 19.4 Å². The van der Waals surface area contributed by atoms with E-state index in [1.165, 1.54) is 0 Å². The van der Waals surface area contributed by atoms with Gasteiger partial charge in [0.15, 0.2) is 0 Å². The van der Waals surface area contributed by atoms with Crippen molar-refractivity contribution in [2.24, 2.45) is 5.41 Å². The molecule has 1 N–H and O–H groups in total. The molecule has 2 heterocycles. The predicted octanol–water partition coefficient (Wildman–Crippen LogP) is 0.658. The maximum atomic E-state index is 11.4. The maximum absolute atomic E-state index is 11.4. The molecule has 4 heteroatoms. The van der Waals surface area contributed by atoms with Gasteiger partial charge < -0.3 is 15.4 Å². The monoisotopic (exact) mass is 340 g/mol. The van der Waals surface area contributed by atoms with E-state index < -0.39 is 0 Å². The summed E-state index contributed by atoms with van der Waals surface area (Å²) >= 11 is 0. The second-order valence-corrected chi connectivity index (χ2v) is 3.50. The van der Waals surface area contributed by atoms with Crippen molar-refractivity contribution in [1.82, 2.24) is 5.32 Å². The number of hydrogen-bond donors (Lipinski definition) is 1. The average Bonchev–Trinajstić information content (AvgIpc) is 2.46. The minimum Gasteiger partial charge on any atom is -0.653 e. The van der Waals surface area contributed by atoms with E-state index in [9.17, 15) is 4.79 Å². The van der Waals surface area contributed by atoms with Crippen LogP contribution in [0.15, 0.2) is 0 Å². The van der Waals surface area contributed by atoms with Crippen LogP contribution in [0.1, 0.15) is 19.3 Å². The van der Waals surface area contributed by atoms with Crippen molar-refractivity contribution >= 4 is 5.91 Å². The number of nitrogens with zero attached hydrogens (tertiary/aromatic N) is 1. The molecule has 1 spiro atoms. The van der Waals surface area contributed by atoms with Gasteiger partial charge in [-0.1, -0.05) is 6.42 Å². The number of piperidine rings is 1. The van der Waals surface area contributed by atoms with Crippen LogP contribution >= 0.6 is 0 Å². The van der Waals surface area contributed by atoms with Crippen LogP contribution in [0.25, 0.3) is 5.32 Å². The standard InChI is InChI=1S/C8H14N2O.Re/c11-7-8(2-1-4-10-7)3-5-9-6-8;/h9H,1-6H2,(H,10,11);/p-1. The minimum absolute atomic E-state index is 0.